The molecular formula is C17H17BrO. The van der Waals surface area contributed by atoms with Crippen LogP contribution in [0.1, 0.15) is 23.5 Å². The number of halogens is 1. The minimum Gasteiger partial charge on any atom is -0.392 e. The van der Waals surface area contributed by atoms with Gasteiger partial charge in [-0.1, -0.05) is 58.4 Å². The minimum absolute atomic E-state index is 0.237. The molecule has 1 aliphatic rings. The molecule has 0 bridgehead atoms. The van der Waals surface area contributed by atoms with Crippen molar-refractivity contribution in [2.45, 2.75) is 24.9 Å². The Hall–Kier alpha value is -1.12. The molecule has 19 heavy (non-hydrogen) atoms. The third-order valence-corrected chi connectivity index (χ3v) is 4.39. The van der Waals surface area contributed by atoms with Crippen molar-refractivity contribution in [3.05, 3.63) is 70.2 Å². The molecular weight excluding hydrogens is 300 g/mol. The smallest absolute Gasteiger partial charge is 0.0614 e. The van der Waals surface area contributed by atoms with Crippen LogP contribution in [-0.2, 0) is 6.42 Å². The van der Waals surface area contributed by atoms with Gasteiger partial charge in [0.15, 0.2) is 0 Å². The summed E-state index contributed by atoms with van der Waals surface area (Å²) in [5.74, 6) is 0.963. The van der Waals surface area contributed by atoms with Crippen LogP contribution in [0.15, 0.2) is 59.1 Å². The van der Waals surface area contributed by atoms with E-state index in [4.69, 9.17) is 0 Å². The van der Waals surface area contributed by atoms with Gasteiger partial charge in [0, 0.05) is 4.47 Å². The van der Waals surface area contributed by atoms with Gasteiger partial charge in [-0.15, -0.1) is 0 Å². The van der Waals surface area contributed by atoms with Gasteiger partial charge in [-0.25, -0.2) is 0 Å². The molecule has 2 aromatic carbocycles. The third-order valence-electron chi connectivity index (χ3n) is 3.90. The monoisotopic (exact) mass is 316 g/mol. The molecule has 1 aliphatic carbocycles. The molecule has 2 heteroatoms. The van der Waals surface area contributed by atoms with Crippen LogP contribution in [-0.4, -0.2) is 11.2 Å². The highest BCUT2D eigenvalue weighted by Crippen LogP contribution is 2.50. The van der Waals surface area contributed by atoms with Gasteiger partial charge in [-0.05, 0) is 47.9 Å². The van der Waals surface area contributed by atoms with E-state index in [1.807, 2.05) is 18.2 Å². The van der Waals surface area contributed by atoms with Crippen molar-refractivity contribution in [1.82, 2.24) is 0 Å². The fourth-order valence-electron chi connectivity index (χ4n) is 2.78. The highest BCUT2D eigenvalue weighted by Gasteiger charge is 2.42. The molecule has 0 aromatic heterocycles. The lowest BCUT2D eigenvalue weighted by molar-refractivity contribution is 0.149. The van der Waals surface area contributed by atoms with Gasteiger partial charge in [0.2, 0.25) is 0 Å². The van der Waals surface area contributed by atoms with Gasteiger partial charge >= 0.3 is 0 Å². The molecule has 0 radical (unpaired) electrons. The van der Waals surface area contributed by atoms with Crippen LogP contribution in [0.4, 0.5) is 0 Å². The normalized spacial score (nSPS) is 23.1. The third kappa shape index (κ3) is 3.07. The topological polar surface area (TPSA) is 20.2 Å². The van der Waals surface area contributed by atoms with Crippen molar-refractivity contribution in [1.29, 1.82) is 0 Å². The zero-order valence-corrected chi connectivity index (χ0v) is 12.3. The second-order valence-corrected chi connectivity index (χ2v) is 6.23. The van der Waals surface area contributed by atoms with Crippen LogP contribution in [0.3, 0.4) is 0 Å². The maximum atomic E-state index is 10.3. The first kappa shape index (κ1) is 12.9. The Morgan fingerprint density at radius 2 is 1.89 bits per heavy atom. The summed E-state index contributed by atoms with van der Waals surface area (Å²) < 4.78 is 1.08. The van der Waals surface area contributed by atoms with E-state index in [1.54, 1.807) is 0 Å². The van der Waals surface area contributed by atoms with Gasteiger partial charge in [-0.2, -0.15) is 0 Å². The molecule has 1 N–H and O–H groups in total. The summed E-state index contributed by atoms with van der Waals surface area (Å²) >= 11 is 3.47. The van der Waals surface area contributed by atoms with Crippen LogP contribution < -0.4 is 0 Å². The van der Waals surface area contributed by atoms with E-state index >= 15 is 0 Å². The molecule has 3 unspecified atom stereocenters. The average Bonchev–Trinajstić information content (AvgIpc) is 3.20. The summed E-state index contributed by atoms with van der Waals surface area (Å²) in [7, 11) is 0. The standard InChI is InChI=1S/C17H17BrO/c18-14-8-4-5-12(9-14)10-17(19)16-11-15(16)13-6-2-1-3-7-13/h1-9,15-17,19H,10-11H2. The molecule has 0 spiro atoms. The van der Waals surface area contributed by atoms with Crippen LogP contribution >= 0.6 is 15.9 Å². The van der Waals surface area contributed by atoms with E-state index in [0.29, 0.717) is 11.8 Å². The van der Waals surface area contributed by atoms with Crippen molar-refractivity contribution in [2.24, 2.45) is 5.92 Å². The molecule has 0 aliphatic heterocycles. The molecule has 0 amide bonds. The Morgan fingerprint density at radius 1 is 1.11 bits per heavy atom. The summed E-state index contributed by atoms with van der Waals surface area (Å²) in [4.78, 5) is 0. The second kappa shape index (κ2) is 5.48. The molecule has 3 rings (SSSR count). The SMILES string of the molecule is OC(Cc1cccc(Br)c1)C1CC1c1ccccc1. The lowest BCUT2D eigenvalue weighted by Crippen LogP contribution is -2.14. The van der Waals surface area contributed by atoms with Gasteiger partial charge in [-0.3, -0.25) is 0 Å². The largest absolute Gasteiger partial charge is 0.392 e. The molecule has 1 saturated carbocycles. The minimum atomic E-state index is -0.237. The maximum Gasteiger partial charge on any atom is 0.0614 e. The predicted molar refractivity (Wildman–Crippen MR) is 81.1 cm³/mol. The van der Waals surface area contributed by atoms with E-state index in [9.17, 15) is 5.11 Å². The molecule has 0 heterocycles. The van der Waals surface area contributed by atoms with Gasteiger partial charge in [0.1, 0.15) is 0 Å². The Morgan fingerprint density at radius 3 is 2.63 bits per heavy atom. The van der Waals surface area contributed by atoms with E-state index in [1.165, 1.54) is 11.1 Å². The molecule has 98 valence electrons. The lowest BCUT2D eigenvalue weighted by Gasteiger charge is -2.11. The first-order chi connectivity index (χ1) is 9.24. The Balaban J connectivity index is 1.63. The highest BCUT2D eigenvalue weighted by molar-refractivity contribution is 9.10. The number of benzene rings is 2. The van der Waals surface area contributed by atoms with E-state index in [-0.39, 0.29) is 6.10 Å². The Kier molecular flexibility index (Phi) is 3.72. The first-order valence-corrected chi connectivity index (χ1v) is 7.51. The zero-order valence-electron chi connectivity index (χ0n) is 10.7. The maximum absolute atomic E-state index is 10.3. The predicted octanol–water partition coefficient (Wildman–Crippen LogP) is 4.16. The summed E-state index contributed by atoms with van der Waals surface area (Å²) in [5, 5.41) is 10.3. The summed E-state index contributed by atoms with van der Waals surface area (Å²) in [6, 6.07) is 18.7. The van der Waals surface area contributed by atoms with Crippen LogP contribution in [0, 0.1) is 5.92 Å². The molecule has 0 saturated heterocycles. The van der Waals surface area contributed by atoms with Crippen LogP contribution in [0.2, 0.25) is 0 Å². The number of hydrogen-bond donors (Lipinski definition) is 1. The Bertz CT molecular complexity index is 552. The van der Waals surface area contributed by atoms with Crippen LogP contribution in [0.25, 0.3) is 0 Å². The molecule has 3 atom stereocenters. The van der Waals surface area contributed by atoms with Gasteiger partial charge < -0.3 is 5.11 Å². The van der Waals surface area contributed by atoms with E-state index in [0.717, 1.165) is 17.3 Å². The second-order valence-electron chi connectivity index (χ2n) is 5.32. The number of hydrogen-bond acceptors (Lipinski definition) is 1. The van der Waals surface area contributed by atoms with Crippen molar-refractivity contribution < 1.29 is 5.11 Å². The quantitative estimate of drug-likeness (QED) is 0.898. The van der Waals surface area contributed by atoms with Gasteiger partial charge in [0.05, 0.1) is 6.10 Å². The van der Waals surface area contributed by atoms with Gasteiger partial charge in [0.25, 0.3) is 0 Å². The van der Waals surface area contributed by atoms with E-state index in [2.05, 4.69) is 52.3 Å². The van der Waals surface area contributed by atoms with Crippen molar-refractivity contribution in [3.63, 3.8) is 0 Å². The fraction of sp³-hybridized carbons (Fsp3) is 0.294. The fourth-order valence-corrected chi connectivity index (χ4v) is 3.23. The summed E-state index contributed by atoms with van der Waals surface area (Å²) in [6.45, 7) is 0. The number of rotatable bonds is 4. The zero-order chi connectivity index (χ0) is 13.2. The summed E-state index contributed by atoms with van der Waals surface area (Å²) in [6.07, 6.45) is 1.62. The van der Waals surface area contributed by atoms with Crippen molar-refractivity contribution in [2.75, 3.05) is 0 Å². The Labute approximate surface area is 122 Å². The molecule has 2 aromatic rings. The highest BCUT2D eigenvalue weighted by atomic mass is 79.9. The van der Waals surface area contributed by atoms with Crippen molar-refractivity contribution >= 4 is 15.9 Å². The average molecular weight is 317 g/mol. The van der Waals surface area contributed by atoms with Crippen molar-refractivity contribution in [3.8, 4) is 0 Å². The molecule has 1 fully saturated rings. The number of aliphatic hydroxyl groups is 1. The first-order valence-electron chi connectivity index (χ1n) is 6.71. The molecule has 1 nitrogen and oxygen atoms in total. The van der Waals surface area contributed by atoms with E-state index < -0.39 is 0 Å². The number of aliphatic hydroxyl groups excluding tert-OH is 1. The van der Waals surface area contributed by atoms with Crippen LogP contribution in [0.5, 0.6) is 0 Å². The summed E-state index contributed by atoms with van der Waals surface area (Å²) in [5.41, 5.74) is 2.56. The lowest BCUT2D eigenvalue weighted by atomic mass is 10.0.